The minimum atomic E-state index is -0.194. The number of nitrogens with zero attached hydrogens (tertiary/aromatic N) is 3. The van der Waals surface area contributed by atoms with Gasteiger partial charge in [0.1, 0.15) is 0 Å². The second-order valence-electron chi connectivity index (χ2n) is 5.59. The number of hydrogen-bond donors (Lipinski definition) is 2. The van der Waals surface area contributed by atoms with Gasteiger partial charge in [-0.15, -0.1) is 5.10 Å². The Kier molecular flexibility index (Phi) is 5.52. The van der Waals surface area contributed by atoms with Crippen molar-refractivity contribution in [2.45, 2.75) is 45.6 Å². The molecule has 0 aromatic carbocycles. The highest BCUT2D eigenvalue weighted by Gasteiger charge is 2.38. The number of carbonyl (C=O) groups excluding carboxylic acids is 1. The number of aromatic nitrogens is 3. The summed E-state index contributed by atoms with van der Waals surface area (Å²) in [6, 6.07) is 0. The van der Waals surface area contributed by atoms with E-state index in [0.717, 1.165) is 51.7 Å². The van der Waals surface area contributed by atoms with Gasteiger partial charge in [-0.1, -0.05) is 18.6 Å². The average molecular weight is 279 g/mol. The van der Waals surface area contributed by atoms with E-state index >= 15 is 0 Å². The molecule has 0 radical (unpaired) electrons. The molecule has 2 heterocycles. The third-order valence-corrected chi connectivity index (χ3v) is 4.00. The van der Waals surface area contributed by atoms with Gasteiger partial charge in [-0.25, -0.2) is 0 Å². The van der Waals surface area contributed by atoms with Gasteiger partial charge in [0.15, 0.2) is 0 Å². The standard InChI is InChI=1S/C14H25N5O/c1-2-5-14(6-3-7-15-12-14)13(20)16-8-4-10-19-11-9-17-18-19/h9,11,15H,2-8,10,12H2,1H3,(H,16,20). The van der Waals surface area contributed by atoms with Crippen LogP contribution in [0.2, 0.25) is 0 Å². The largest absolute Gasteiger partial charge is 0.356 e. The maximum atomic E-state index is 12.5. The molecule has 6 heteroatoms. The van der Waals surface area contributed by atoms with E-state index < -0.39 is 0 Å². The van der Waals surface area contributed by atoms with Gasteiger partial charge in [-0.3, -0.25) is 9.48 Å². The van der Waals surface area contributed by atoms with Crippen LogP contribution in [0.1, 0.15) is 39.0 Å². The van der Waals surface area contributed by atoms with E-state index in [-0.39, 0.29) is 11.3 Å². The molecule has 1 aliphatic heterocycles. The first kappa shape index (κ1) is 15.0. The Hall–Kier alpha value is -1.43. The van der Waals surface area contributed by atoms with Crippen LogP contribution < -0.4 is 10.6 Å². The molecule has 1 aliphatic rings. The summed E-state index contributed by atoms with van der Waals surface area (Å²) in [6.45, 7) is 5.48. The van der Waals surface area contributed by atoms with Crippen LogP contribution in [0.15, 0.2) is 12.4 Å². The monoisotopic (exact) mass is 279 g/mol. The number of carbonyl (C=O) groups is 1. The lowest BCUT2D eigenvalue weighted by molar-refractivity contribution is -0.132. The zero-order valence-electron chi connectivity index (χ0n) is 12.3. The molecule has 0 saturated carbocycles. The lowest BCUT2D eigenvalue weighted by atomic mass is 9.76. The SMILES string of the molecule is CCCC1(C(=O)NCCCn2ccnn2)CCCNC1. The smallest absolute Gasteiger partial charge is 0.227 e. The predicted octanol–water partition coefficient (Wildman–Crippen LogP) is 0.954. The van der Waals surface area contributed by atoms with Gasteiger partial charge in [-0.05, 0) is 32.2 Å². The van der Waals surface area contributed by atoms with E-state index in [1.807, 2.05) is 6.20 Å². The molecular formula is C14H25N5O. The van der Waals surface area contributed by atoms with Crippen LogP contribution >= 0.6 is 0 Å². The Balaban J connectivity index is 1.76. The summed E-state index contributed by atoms with van der Waals surface area (Å²) in [4.78, 5) is 12.5. The first-order valence-corrected chi connectivity index (χ1v) is 7.60. The molecule has 1 saturated heterocycles. The molecule has 0 spiro atoms. The lowest BCUT2D eigenvalue weighted by Gasteiger charge is -2.36. The first-order valence-electron chi connectivity index (χ1n) is 7.60. The molecular weight excluding hydrogens is 254 g/mol. The third-order valence-electron chi connectivity index (χ3n) is 4.00. The Morgan fingerprint density at radius 3 is 3.10 bits per heavy atom. The number of rotatable bonds is 7. The highest BCUT2D eigenvalue weighted by molar-refractivity contribution is 5.83. The fourth-order valence-electron chi connectivity index (χ4n) is 2.95. The number of aryl methyl sites for hydroxylation is 1. The highest BCUT2D eigenvalue weighted by Crippen LogP contribution is 2.31. The highest BCUT2D eigenvalue weighted by atomic mass is 16.2. The van der Waals surface area contributed by atoms with Crippen molar-refractivity contribution in [3.63, 3.8) is 0 Å². The van der Waals surface area contributed by atoms with E-state index in [4.69, 9.17) is 0 Å². The second-order valence-corrected chi connectivity index (χ2v) is 5.59. The Morgan fingerprint density at radius 1 is 1.55 bits per heavy atom. The van der Waals surface area contributed by atoms with Crippen molar-refractivity contribution in [1.29, 1.82) is 0 Å². The van der Waals surface area contributed by atoms with E-state index in [1.165, 1.54) is 0 Å². The summed E-state index contributed by atoms with van der Waals surface area (Å²) in [5, 5.41) is 14.1. The molecule has 1 amide bonds. The summed E-state index contributed by atoms with van der Waals surface area (Å²) >= 11 is 0. The Bertz CT molecular complexity index is 392. The molecule has 1 aromatic heterocycles. The summed E-state index contributed by atoms with van der Waals surface area (Å²) < 4.78 is 1.79. The van der Waals surface area contributed by atoms with Crippen LogP contribution in [0.4, 0.5) is 0 Å². The molecule has 2 N–H and O–H groups in total. The fourth-order valence-corrected chi connectivity index (χ4v) is 2.95. The van der Waals surface area contributed by atoms with Gasteiger partial charge in [0.2, 0.25) is 5.91 Å². The maximum absolute atomic E-state index is 12.5. The van der Waals surface area contributed by atoms with Crippen LogP contribution in [0.5, 0.6) is 0 Å². The normalized spacial score (nSPS) is 22.6. The van der Waals surface area contributed by atoms with Crippen molar-refractivity contribution in [3.8, 4) is 0 Å². The van der Waals surface area contributed by atoms with Crippen molar-refractivity contribution in [2.75, 3.05) is 19.6 Å². The zero-order valence-corrected chi connectivity index (χ0v) is 12.3. The van der Waals surface area contributed by atoms with Gasteiger partial charge in [-0.2, -0.15) is 0 Å². The minimum Gasteiger partial charge on any atom is -0.356 e. The van der Waals surface area contributed by atoms with E-state index in [9.17, 15) is 4.79 Å². The second kappa shape index (κ2) is 7.38. The molecule has 1 aromatic rings. The van der Waals surface area contributed by atoms with Gasteiger partial charge >= 0.3 is 0 Å². The van der Waals surface area contributed by atoms with Crippen molar-refractivity contribution >= 4 is 5.91 Å². The van der Waals surface area contributed by atoms with E-state index in [2.05, 4.69) is 27.9 Å². The van der Waals surface area contributed by atoms with Gasteiger partial charge < -0.3 is 10.6 Å². The molecule has 6 nitrogen and oxygen atoms in total. The summed E-state index contributed by atoms with van der Waals surface area (Å²) in [5.74, 6) is 0.213. The van der Waals surface area contributed by atoms with Crippen molar-refractivity contribution < 1.29 is 4.79 Å². The molecule has 112 valence electrons. The van der Waals surface area contributed by atoms with E-state index in [0.29, 0.717) is 6.54 Å². The van der Waals surface area contributed by atoms with Crippen molar-refractivity contribution in [2.24, 2.45) is 5.41 Å². The van der Waals surface area contributed by atoms with Crippen LogP contribution in [0.3, 0.4) is 0 Å². The molecule has 2 rings (SSSR count). The zero-order chi connectivity index (χ0) is 14.3. The van der Waals surface area contributed by atoms with Crippen LogP contribution in [-0.2, 0) is 11.3 Å². The average Bonchev–Trinajstić information content (AvgIpc) is 2.98. The van der Waals surface area contributed by atoms with Gasteiger partial charge in [0.05, 0.1) is 11.6 Å². The molecule has 20 heavy (non-hydrogen) atoms. The number of piperidine rings is 1. The summed E-state index contributed by atoms with van der Waals surface area (Å²) in [5.41, 5.74) is -0.194. The maximum Gasteiger partial charge on any atom is 0.227 e. The number of nitrogens with one attached hydrogen (secondary N) is 2. The van der Waals surface area contributed by atoms with Crippen LogP contribution in [0, 0.1) is 5.41 Å². The van der Waals surface area contributed by atoms with Gasteiger partial charge in [0.25, 0.3) is 0 Å². The first-order chi connectivity index (χ1) is 9.77. The van der Waals surface area contributed by atoms with Crippen molar-refractivity contribution in [1.82, 2.24) is 25.6 Å². The lowest BCUT2D eigenvalue weighted by Crippen LogP contribution is -2.50. The minimum absolute atomic E-state index is 0.194. The van der Waals surface area contributed by atoms with Crippen molar-refractivity contribution in [3.05, 3.63) is 12.4 Å². The van der Waals surface area contributed by atoms with E-state index in [1.54, 1.807) is 10.9 Å². The number of hydrogen-bond acceptors (Lipinski definition) is 4. The Labute approximate surface area is 120 Å². The fraction of sp³-hybridized carbons (Fsp3) is 0.786. The summed E-state index contributed by atoms with van der Waals surface area (Å²) in [6.07, 6.45) is 8.50. The molecule has 1 unspecified atom stereocenters. The quantitative estimate of drug-likeness (QED) is 0.729. The summed E-state index contributed by atoms with van der Waals surface area (Å²) in [7, 11) is 0. The molecule has 1 fully saturated rings. The molecule has 0 bridgehead atoms. The molecule has 1 atom stereocenters. The van der Waals surface area contributed by atoms with Crippen LogP contribution in [-0.4, -0.2) is 40.5 Å². The predicted molar refractivity (Wildman–Crippen MR) is 77.1 cm³/mol. The van der Waals surface area contributed by atoms with Crippen LogP contribution in [0.25, 0.3) is 0 Å². The molecule has 0 aliphatic carbocycles. The topological polar surface area (TPSA) is 71.8 Å². The van der Waals surface area contributed by atoms with Gasteiger partial charge in [0, 0.05) is 25.8 Å². The Morgan fingerprint density at radius 2 is 2.45 bits per heavy atom. The third kappa shape index (κ3) is 3.79. The number of amides is 1.